The summed E-state index contributed by atoms with van der Waals surface area (Å²) in [5.41, 5.74) is 2.40. The molecule has 0 saturated heterocycles. The van der Waals surface area contributed by atoms with Gasteiger partial charge in [0.25, 0.3) is 0 Å². The van der Waals surface area contributed by atoms with Gasteiger partial charge < -0.3 is 24.4 Å². The number of ether oxygens (including phenoxy) is 3. The lowest BCUT2D eigenvalue weighted by Crippen LogP contribution is -2.30. The minimum atomic E-state index is -1.17. The molecule has 54 heavy (non-hydrogen) atoms. The lowest BCUT2D eigenvalue weighted by atomic mass is 10.0. The Labute approximate surface area is 324 Å². The maximum absolute atomic E-state index is 14.0. The Morgan fingerprint density at radius 3 is 2.33 bits per heavy atom. The average Bonchev–Trinajstić information content (AvgIpc) is 3.95. The molecule has 2 aromatic rings. The van der Waals surface area contributed by atoms with Crippen LogP contribution < -0.4 is 10.1 Å². The van der Waals surface area contributed by atoms with E-state index in [0.29, 0.717) is 68.2 Å². The second kappa shape index (κ2) is 25.5. The molecule has 0 aliphatic heterocycles. The number of allylic oxidation sites excluding steroid dienone is 4. The molecule has 0 spiro atoms. The zero-order valence-electron chi connectivity index (χ0n) is 34.4. The van der Waals surface area contributed by atoms with Gasteiger partial charge in [0.1, 0.15) is 23.9 Å². The van der Waals surface area contributed by atoms with Gasteiger partial charge in [-0.2, -0.15) is 0 Å². The van der Waals surface area contributed by atoms with Gasteiger partial charge >= 0.3 is 5.97 Å². The lowest BCUT2D eigenvalue weighted by Gasteiger charge is -2.20. The van der Waals surface area contributed by atoms with Gasteiger partial charge in [-0.05, 0) is 80.0 Å². The number of nitrogens with zero attached hydrogens (tertiary/aromatic N) is 1. The molecular weight excluding hydrogens is 689 g/mol. The first kappa shape index (κ1) is 46.6. The molecule has 3 unspecified atom stereocenters. The Hall–Kier alpha value is -3.56. The maximum Gasteiger partial charge on any atom is 0.347 e. The van der Waals surface area contributed by atoms with E-state index in [1.807, 2.05) is 88.2 Å². The highest BCUT2D eigenvalue weighted by Gasteiger charge is 2.37. The molecule has 1 N–H and O–H groups in total. The van der Waals surface area contributed by atoms with E-state index in [9.17, 15) is 18.0 Å². The van der Waals surface area contributed by atoms with Gasteiger partial charge in [-0.3, -0.25) is 0 Å². The van der Waals surface area contributed by atoms with Crippen molar-refractivity contribution in [3.8, 4) is 5.75 Å². The summed E-state index contributed by atoms with van der Waals surface area (Å²) in [6, 6.07) is 9.78. The minimum Gasteiger partial charge on any atom is -0.492 e. The van der Waals surface area contributed by atoms with Crippen molar-refractivity contribution in [1.82, 2.24) is 10.2 Å². The molecule has 1 saturated carbocycles. The fraction of sp³-hybridized carbons (Fsp3) is 0.578. The summed E-state index contributed by atoms with van der Waals surface area (Å²) in [4.78, 5) is 15.2. The van der Waals surface area contributed by atoms with E-state index in [4.69, 9.17) is 14.2 Å². The second-order valence-corrected chi connectivity index (χ2v) is 14.2. The average molecular weight is 757 g/mol. The number of benzene rings is 2. The molecule has 1 fully saturated rings. The van der Waals surface area contributed by atoms with Crippen LogP contribution in [0.25, 0.3) is 0 Å². The van der Waals surface area contributed by atoms with Crippen LogP contribution in [0.5, 0.6) is 5.75 Å². The van der Waals surface area contributed by atoms with Gasteiger partial charge in [-0.1, -0.05) is 105 Å². The van der Waals surface area contributed by atoms with Gasteiger partial charge in [0.05, 0.1) is 6.61 Å². The van der Waals surface area contributed by atoms with Crippen LogP contribution in [-0.4, -0.2) is 56.4 Å². The largest absolute Gasteiger partial charge is 0.492 e. The fourth-order valence-corrected chi connectivity index (χ4v) is 6.11. The molecule has 2 aliphatic carbocycles. The van der Waals surface area contributed by atoms with Crippen molar-refractivity contribution in [2.24, 2.45) is 11.8 Å². The number of nitrogens with one attached hydrogen (secondary N) is 1. The summed E-state index contributed by atoms with van der Waals surface area (Å²) in [5.74, 6) is -0.593. The molecule has 0 bridgehead atoms. The number of halogens is 3. The zero-order valence-corrected chi connectivity index (χ0v) is 34.4. The molecule has 302 valence electrons. The Kier molecular flexibility index (Phi) is 22.0. The SMILES string of the molecule is CC.CC.CCCCC(C)CCOC(=O)C(CC1=CC=C(OCCN[C@@H]2CC2CN(C)Cc2cc(F)c(F)cc2F)C=CC1)Oc1ccc(C(C)C)cc1. The first-order valence-corrected chi connectivity index (χ1v) is 20.2. The molecular formula is C45H67F3N2O4. The number of esters is 1. The lowest BCUT2D eigenvalue weighted by molar-refractivity contribution is -0.152. The molecule has 2 aliphatic rings. The monoisotopic (exact) mass is 757 g/mol. The van der Waals surface area contributed by atoms with E-state index < -0.39 is 23.6 Å². The highest BCUT2D eigenvalue weighted by atomic mass is 19.2. The normalized spacial score (nSPS) is 17.2. The van der Waals surface area contributed by atoms with E-state index in [2.05, 4.69) is 33.0 Å². The van der Waals surface area contributed by atoms with Crippen LogP contribution in [0.15, 0.2) is 72.0 Å². The Bertz CT molecular complexity index is 1470. The number of hydrogen-bond donors (Lipinski definition) is 1. The molecule has 6 nitrogen and oxygen atoms in total. The van der Waals surface area contributed by atoms with Gasteiger partial charge in [0, 0.05) is 43.7 Å². The Morgan fingerprint density at radius 2 is 1.65 bits per heavy atom. The molecule has 4 atom stereocenters. The van der Waals surface area contributed by atoms with Crippen LogP contribution in [0.2, 0.25) is 0 Å². The van der Waals surface area contributed by atoms with Gasteiger partial charge in [-0.25, -0.2) is 18.0 Å². The van der Waals surface area contributed by atoms with Crippen molar-refractivity contribution in [3.63, 3.8) is 0 Å². The summed E-state index contributed by atoms with van der Waals surface area (Å²) in [5, 5.41) is 3.50. The first-order chi connectivity index (χ1) is 26.0. The first-order valence-electron chi connectivity index (χ1n) is 20.2. The standard InChI is InChI=1S/C41H55F3N2O4.2C2H6/c1-6-7-9-29(4)18-20-49-41(47)40(50-35-16-13-31(14-17-35)28(2)3)22-30-10-8-11-34(15-12-30)48-21-19-45-39-24-33(39)27-46(5)26-32-23-37(43)38(44)25-36(32)42;2*1-2/h8,11-17,23,25,28-29,33,39-40,45H,6-7,9-10,18-22,24,26-27H2,1-5H3;2*1-2H3/t29?,33?,39-,40?;;/m1../s1. The molecule has 9 heteroatoms. The van der Waals surface area contributed by atoms with Gasteiger partial charge in [0.15, 0.2) is 17.7 Å². The summed E-state index contributed by atoms with van der Waals surface area (Å²) in [6.07, 6.45) is 13.5. The number of carbonyl (C=O) groups is 1. The third-order valence-corrected chi connectivity index (χ3v) is 9.36. The van der Waals surface area contributed by atoms with Crippen molar-refractivity contribution in [2.45, 2.75) is 125 Å². The number of rotatable bonds is 21. The van der Waals surface area contributed by atoms with Crippen LogP contribution in [0, 0.1) is 29.3 Å². The predicted molar refractivity (Wildman–Crippen MR) is 215 cm³/mol. The van der Waals surface area contributed by atoms with Crippen LogP contribution in [0.4, 0.5) is 13.2 Å². The fourth-order valence-electron chi connectivity index (χ4n) is 6.11. The van der Waals surface area contributed by atoms with Crippen LogP contribution in [0.1, 0.15) is 117 Å². The summed E-state index contributed by atoms with van der Waals surface area (Å²) in [6.45, 7) is 19.1. The number of hydrogen-bond acceptors (Lipinski definition) is 6. The molecule has 0 aromatic heterocycles. The highest BCUT2D eigenvalue weighted by Crippen LogP contribution is 2.31. The summed E-state index contributed by atoms with van der Waals surface area (Å²) in [7, 11) is 1.85. The molecule has 0 radical (unpaired) electrons. The van der Waals surface area contributed by atoms with Crippen molar-refractivity contribution in [3.05, 3.63) is 101 Å². The predicted octanol–water partition coefficient (Wildman–Crippen LogP) is 11.1. The van der Waals surface area contributed by atoms with Gasteiger partial charge in [0.2, 0.25) is 0 Å². The van der Waals surface area contributed by atoms with E-state index >= 15 is 0 Å². The highest BCUT2D eigenvalue weighted by molar-refractivity contribution is 5.75. The summed E-state index contributed by atoms with van der Waals surface area (Å²) < 4.78 is 58.8. The quantitative estimate of drug-likeness (QED) is 0.0778. The number of unbranched alkanes of at least 4 members (excludes halogenated alkanes) is 1. The second-order valence-electron chi connectivity index (χ2n) is 14.2. The Morgan fingerprint density at radius 1 is 0.944 bits per heavy atom. The Balaban J connectivity index is 0.00000244. The molecule has 2 aromatic carbocycles. The summed E-state index contributed by atoms with van der Waals surface area (Å²) >= 11 is 0. The van der Waals surface area contributed by atoms with Crippen molar-refractivity contribution >= 4 is 5.97 Å². The smallest absolute Gasteiger partial charge is 0.347 e. The van der Waals surface area contributed by atoms with Crippen molar-refractivity contribution in [2.75, 3.05) is 33.4 Å². The van der Waals surface area contributed by atoms with E-state index in [1.165, 1.54) is 12.0 Å². The third kappa shape index (κ3) is 16.8. The van der Waals surface area contributed by atoms with Crippen molar-refractivity contribution in [1.29, 1.82) is 0 Å². The van der Waals surface area contributed by atoms with E-state index in [1.54, 1.807) is 0 Å². The maximum atomic E-state index is 14.0. The van der Waals surface area contributed by atoms with Crippen LogP contribution in [-0.2, 0) is 20.8 Å². The van der Waals surface area contributed by atoms with E-state index in [-0.39, 0.29) is 18.1 Å². The van der Waals surface area contributed by atoms with Crippen molar-refractivity contribution < 1.29 is 32.2 Å². The van der Waals surface area contributed by atoms with E-state index in [0.717, 1.165) is 49.6 Å². The van der Waals surface area contributed by atoms with Gasteiger partial charge in [-0.15, -0.1) is 0 Å². The van der Waals surface area contributed by atoms with Crippen LogP contribution in [0.3, 0.4) is 0 Å². The molecule has 0 amide bonds. The topological polar surface area (TPSA) is 60.0 Å². The molecule has 4 rings (SSSR count). The van der Waals surface area contributed by atoms with Crippen LogP contribution >= 0.6 is 0 Å². The molecule has 0 heterocycles. The third-order valence-electron chi connectivity index (χ3n) is 9.36. The minimum absolute atomic E-state index is 0.147. The zero-order chi connectivity index (χ0) is 40.0. The number of carbonyl (C=O) groups excluding carboxylic acids is 1.